The number of nitrogens with one attached hydrogen (secondary N) is 1. The fourth-order valence-electron chi connectivity index (χ4n) is 3.40. The third-order valence-corrected chi connectivity index (χ3v) is 5.08. The van der Waals surface area contributed by atoms with E-state index in [-0.39, 0.29) is 12.5 Å². The number of carbonyl (C=O) groups is 1. The Balaban J connectivity index is 1.71. The molecule has 2 N–H and O–H groups in total. The van der Waals surface area contributed by atoms with Gasteiger partial charge in [0.1, 0.15) is 0 Å². The highest BCUT2D eigenvalue weighted by atomic mass is 16.3. The second-order valence-corrected chi connectivity index (χ2v) is 7.75. The number of hydrogen-bond acceptors (Lipinski definition) is 5. The van der Waals surface area contributed by atoms with Crippen molar-refractivity contribution < 1.29 is 9.90 Å². The minimum atomic E-state index is -0.711. The first kappa shape index (κ1) is 18.3. The average Bonchev–Trinajstić information content (AvgIpc) is 3.08. The number of aromatic nitrogens is 4. The topological polar surface area (TPSA) is 92.9 Å². The fraction of sp³-hybridized carbons (Fsp3) is 0.333. The third kappa shape index (κ3) is 3.18. The number of fused-ring (bicyclic) bond motifs is 3. The summed E-state index contributed by atoms with van der Waals surface area (Å²) >= 11 is 0. The Labute approximate surface area is 163 Å². The number of amides is 1. The molecule has 4 rings (SSSR count). The maximum absolute atomic E-state index is 12.6. The standard InChI is InChI=1S/C21H23N5O2/c1-13-17(19(28)25-21(2,3)12-27)11-23-26(13)20-22-10-15-9-8-14-6-4-5-7-16(14)18(15)24-20/h4-7,10-11,27H,8-9,12H2,1-3H3,(H,25,28). The highest BCUT2D eigenvalue weighted by molar-refractivity contribution is 5.95. The zero-order valence-electron chi connectivity index (χ0n) is 16.2. The molecule has 7 nitrogen and oxygen atoms in total. The van der Waals surface area contributed by atoms with Crippen molar-refractivity contribution in [1.82, 2.24) is 25.1 Å². The van der Waals surface area contributed by atoms with Crippen LogP contribution in [0.4, 0.5) is 0 Å². The summed E-state index contributed by atoms with van der Waals surface area (Å²) in [5, 5.41) is 16.5. The summed E-state index contributed by atoms with van der Waals surface area (Å²) in [5.74, 6) is 0.152. The Morgan fingerprint density at radius 1 is 1.21 bits per heavy atom. The highest BCUT2D eigenvalue weighted by Gasteiger charge is 2.24. The molecule has 7 heteroatoms. The van der Waals surface area contributed by atoms with Gasteiger partial charge in [0.25, 0.3) is 11.9 Å². The van der Waals surface area contributed by atoms with Crippen LogP contribution in [-0.4, -0.2) is 42.9 Å². The normalized spacial score (nSPS) is 13.0. The second kappa shape index (κ2) is 6.83. The van der Waals surface area contributed by atoms with Gasteiger partial charge in [-0.25, -0.2) is 14.6 Å². The molecule has 1 aliphatic rings. The quantitative estimate of drug-likeness (QED) is 0.727. The van der Waals surface area contributed by atoms with Gasteiger partial charge >= 0.3 is 0 Å². The number of nitrogens with zero attached hydrogens (tertiary/aromatic N) is 4. The lowest BCUT2D eigenvalue weighted by molar-refractivity contribution is 0.0868. The first-order valence-corrected chi connectivity index (χ1v) is 9.32. The van der Waals surface area contributed by atoms with Crippen LogP contribution in [0.15, 0.2) is 36.7 Å². The Bertz CT molecular complexity index is 1050. The summed E-state index contributed by atoms with van der Waals surface area (Å²) in [6.45, 7) is 5.17. The monoisotopic (exact) mass is 377 g/mol. The largest absolute Gasteiger partial charge is 0.394 e. The number of aryl methyl sites for hydroxylation is 2. The van der Waals surface area contributed by atoms with E-state index in [0.717, 1.165) is 29.7 Å². The van der Waals surface area contributed by atoms with E-state index < -0.39 is 5.54 Å². The predicted molar refractivity (Wildman–Crippen MR) is 105 cm³/mol. The van der Waals surface area contributed by atoms with E-state index in [9.17, 15) is 9.90 Å². The van der Waals surface area contributed by atoms with Gasteiger partial charge in [-0.15, -0.1) is 0 Å². The third-order valence-electron chi connectivity index (χ3n) is 5.08. The smallest absolute Gasteiger partial charge is 0.255 e. The summed E-state index contributed by atoms with van der Waals surface area (Å²) in [4.78, 5) is 21.8. The zero-order valence-corrected chi connectivity index (χ0v) is 16.2. The van der Waals surface area contributed by atoms with Crippen LogP contribution in [0, 0.1) is 6.92 Å². The van der Waals surface area contributed by atoms with Crippen LogP contribution in [-0.2, 0) is 12.8 Å². The van der Waals surface area contributed by atoms with Gasteiger partial charge in [0.15, 0.2) is 0 Å². The van der Waals surface area contributed by atoms with Gasteiger partial charge in [0, 0.05) is 11.8 Å². The number of benzene rings is 1. The van der Waals surface area contributed by atoms with E-state index in [1.165, 1.54) is 11.8 Å². The number of hydrogen-bond donors (Lipinski definition) is 2. The van der Waals surface area contributed by atoms with Crippen LogP contribution >= 0.6 is 0 Å². The summed E-state index contributed by atoms with van der Waals surface area (Å²) < 4.78 is 1.58. The Hall–Kier alpha value is -3.06. The number of aliphatic hydroxyl groups excluding tert-OH is 1. The van der Waals surface area contributed by atoms with Crippen molar-refractivity contribution in [1.29, 1.82) is 0 Å². The van der Waals surface area contributed by atoms with Crippen molar-refractivity contribution in [3.05, 3.63) is 59.0 Å². The molecule has 1 aromatic carbocycles. The Kier molecular flexibility index (Phi) is 4.47. The molecule has 0 atom stereocenters. The van der Waals surface area contributed by atoms with Crippen LogP contribution in [0.25, 0.3) is 17.2 Å². The maximum Gasteiger partial charge on any atom is 0.255 e. The van der Waals surface area contributed by atoms with Crippen molar-refractivity contribution in [3.63, 3.8) is 0 Å². The molecular weight excluding hydrogens is 354 g/mol. The average molecular weight is 377 g/mol. The molecule has 0 unspecified atom stereocenters. The molecule has 2 aromatic heterocycles. The number of rotatable bonds is 4. The van der Waals surface area contributed by atoms with Gasteiger partial charge in [-0.2, -0.15) is 5.10 Å². The molecule has 0 saturated heterocycles. The van der Waals surface area contributed by atoms with Crippen molar-refractivity contribution in [3.8, 4) is 17.2 Å². The Morgan fingerprint density at radius 2 is 1.96 bits per heavy atom. The van der Waals surface area contributed by atoms with Gasteiger partial charge in [-0.05, 0) is 44.7 Å². The molecule has 0 bridgehead atoms. The molecule has 1 aliphatic carbocycles. The van der Waals surface area contributed by atoms with Crippen LogP contribution in [0.5, 0.6) is 0 Å². The van der Waals surface area contributed by atoms with Crippen LogP contribution in [0.2, 0.25) is 0 Å². The predicted octanol–water partition coefficient (Wildman–Crippen LogP) is 2.24. The Morgan fingerprint density at radius 3 is 2.75 bits per heavy atom. The van der Waals surface area contributed by atoms with Gasteiger partial charge in [0.05, 0.1) is 35.3 Å². The van der Waals surface area contributed by atoms with E-state index in [4.69, 9.17) is 4.98 Å². The maximum atomic E-state index is 12.6. The van der Waals surface area contributed by atoms with Gasteiger partial charge < -0.3 is 10.4 Å². The lowest BCUT2D eigenvalue weighted by Gasteiger charge is -2.23. The molecule has 2 heterocycles. The molecule has 0 fully saturated rings. The van der Waals surface area contributed by atoms with Crippen LogP contribution in [0.1, 0.15) is 41.0 Å². The van der Waals surface area contributed by atoms with E-state index in [0.29, 0.717) is 17.2 Å². The number of aliphatic hydroxyl groups is 1. The second-order valence-electron chi connectivity index (χ2n) is 7.75. The molecule has 144 valence electrons. The van der Waals surface area contributed by atoms with E-state index in [1.807, 2.05) is 25.3 Å². The van der Waals surface area contributed by atoms with Crippen molar-refractivity contribution in [2.24, 2.45) is 0 Å². The summed E-state index contributed by atoms with van der Waals surface area (Å²) in [5.41, 5.74) is 4.82. The molecule has 0 saturated carbocycles. The minimum Gasteiger partial charge on any atom is -0.394 e. The lowest BCUT2D eigenvalue weighted by Crippen LogP contribution is -2.46. The number of carbonyl (C=O) groups excluding carboxylic acids is 1. The molecule has 0 spiro atoms. The van der Waals surface area contributed by atoms with Gasteiger partial charge in [-0.1, -0.05) is 24.3 Å². The van der Waals surface area contributed by atoms with Crippen molar-refractivity contribution in [2.75, 3.05) is 6.61 Å². The van der Waals surface area contributed by atoms with E-state index >= 15 is 0 Å². The molecular formula is C21H23N5O2. The molecule has 0 aliphatic heterocycles. The summed E-state index contributed by atoms with van der Waals surface area (Å²) in [6.07, 6.45) is 5.25. The van der Waals surface area contributed by atoms with Gasteiger partial charge in [0.2, 0.25) is 0 Å². The molecule has 1 amide bonds. The lowest BCUT2D eigenvalue weighted by atomic mass is 9.90. The van der Waals surface area contributed by atoms with Crippen molar-refractivity contribution in [2.45, 2.75) is 39.2 Å². The fourth-order valence-corrected chi connectivity index (χ4v) is 3.40. The van der Waals surface area contributed by atoms with Crippen LogP contribution in [0.3, 0.4) is 0 Å². The minimum absolute atomic E-state index is 0.154. The first-order valence-electron chi connectivity index (χ1n) is 9.32. The molecule has 28 heavy (non-hydrogen) atoms. The van der Waals surface area contributed by atoms with Crippen molar-refractivity contribution >= 4 is 5.91 Å². The van der Waals surface area contributed by atoms with E-state index in [1.54, 1.807) is 18.5 Å². The molecule has 0 radical (unpaired) electrons. The zero-order chi connectivity index (χ0) is 19.9. The first-order chi connectivity index (χ1) is 13.4. The van der Waals surface area contributed by atoms with Crippen LogP contribution < -0.4 is 5.32 Å². The van der Waals surface area contributed by atoms with E-state index in [2.05, 4.69) is 27.5 Å². The summed E-state index contributed by atoms with van der Waals surface area (Å²) in [7, 11) is 0. The van der Waals surface area contributed by atoms with Gasteiger partial charge in [-0.3, -0.25) is 4.79 Å². The summed E-state index contributed by atoms with van der Waals surface area (Å²) in [6, 6.07) is 8.27. The SMILES string of the molecule is Cc1c(C(=O)NC(C)(C)CO)cnn1-c1ncc2c(n1)-c1ccccc1CC2. The highest BCUT2D eigenvalue weighted by Crippen LogP contribution is 2.31. The molecule has 3 aromatic rings.